The average molecular weight is 670 g/mol. The van der Waals surface area contributed by atoms with Gasteiger partial charge in [-0.2, -0.15) is 0 Å². The van der Waals surface area contributed by atoms with Gasteiger partial charge in [0.15, 0.2) is 0 Å². The fourth-order valence-corrected chi connectivity index (χ4v) is 9.51. The van der Waals surface area contributed by atoms with Crippen molar-refractivity contribution in [2.45, 2.75) is 19.3 Å². The van der Waals surface area contributed by atoms with Gasteiger partial charge in [0.2, 0.25) is 0 Å². The summed E-state index contributed by atoms with van der Waals surface area (Å²) in [5.74, 6) is 0. The van der Waals surface area contributed by atoms with Gasteiger partial charge in [0.1, 0.15) is 0 Å². The van der Waals surface area contributed by atoms with E-state index in [-0.39, 0.29) is 5.41 Å². The summed E-state index contributed by atoms with van der Waals surface area (Å²) in [5.41, 5.74) is 13.6. The topological polar surface area (TPSA) is 3.24 Å². The quantitative estimate of drug-likeness (QED) is 0.176. The van der Waals surface area contributed by atoms with E-state index in [0.29, 0.717) is 0 Å². The highest BCUT2D eigenvalue weighted by Gasteiger charge is 2.37. The van der Waals surface area contributed by atoms with Crippen LogP contribution in [-0.2, 0) is 5.41 Å². The predicted molar refractivity (Wildman–Crippen MR) is 220 cm³/mol. The Morgan fingerprint density at radius 3 is 1.98 bits per heavy atom. The zero-order valence-corrected chi connectivity index (χ0v) is 29.4. The van der Waals surface area contributed by atoms with Crippen molar-refractivity contribution in [3.05, 3.63) is 187 Å². The molecule has 0 atom stereocenters. The first-order valence-corrected chi connectivity index (χ1v) is 18.5. The maximum absolute atomic E-state index is 2.48. The van der Waals surface area contributed by atoms with Crippen molar-refractivity contribution in [1.29, 1.82) is 0 Å². The summed E-state index contributed by atoms with van der Waals surface area (Å²) in [6.07, 6.45) is 0. The van der Waals surface area contributed by atoms with Crippen molar-refractivity contribution < 1.29 is 0 Å². The standard InChI is InChI=1S/C49H35NS/c1-49(2)41-18-9-6-16-38(41)48-42(49)19-12-21-44(48)50(43-20-10-7-15-37(43)33-13-4-3-5-14-33)36-28-25-32(26-29-36)35-24-23-34-27-30-46-47(40(34)31-35)39-17-8-11-22-45(39)51-46/h3-31H,1-2H3. The van der Waals surface area contributed by atoms with Gasteiger partial charge in [0.25, 0.3) is 0 Å². The third-order valence-electron chi connectivity index (χ3n) is 10.9. The minimum Gasteiger partial charge on any atom is -0.309 e. The molecule has 0 spiro atoms. The maximum Gasteiger partial charge on any atom is 0.0543 e. The van der Waals surface area contributed by atoms with Crippen molar-refractivity contribution in [1.82, 2.24) is 0 Å². The highest BCUT2D eigenvalue weighted by Crippen LogP contribution is 2.55. The van der Waals surface area contributed by atoms with E-state index in [2.05, 4.69) is 195 Å². The highest BCUT2D eigenvalue weighted by molar-refractivity contribution is 7.26. The first-order valence-electron chi connectivity index (χ1n) is 17.7. The summed E-state index contributed by atoms with van der Waals surface area (Å²) < 4.78 is 2.67. The fraction of sp³-hybridized carbons (Fsp3) is 0.0612. The Balaban J connectivity index is 1.16. The summed E-state index contributed by atoms with van der Waals surface area (Å²) in [5, 5.41) is 5.28. The van der Waals surface area contributed by atoms with E-state index in [1.54, 1.807) is 0 Å². The van der Waals surface area contributed by atoms with Crippen molar-refractivity contribution >= 4 is 59.3 Å². The number of nitrogens with zero attached hydrogens (tertiary/aromatic N) is 1. The van der Waals surface area contributed by atoms with Gasteiger partial charge in [-0.3, -0.25) is 0 Å². The third kappa shape index (κ3) is 4.67. The lowest BCUT2D eigenvalue weighted by Gasteiger charge is -2.30. The Morgan fingerprint density at radius 2 is 1.12 bits per heavy atom. The molecule has 0 radical (unpaired) electrons. The van der Waals surface area contributed by atoms with Crippen LogP contribution >= 0.6 is 11.3 Å². The van der Waals surface area contributed by atoms with Crippen LogP contribution in [0.2, 0.25) is 0 Å². The minimum absolute atomic E-state index is 0.0916. The molecular weight excluding hydrogens is 635 g/mol. The van der Waals surface area contributed by atoms with E-state index in [0.717, 1.165) is 11.4 Å². The molecule has 9 aromatic rings. The van der Waals surface area contributed by atoms with Crippen molar-refractivity contribution in [3.8, 4) is 33.4 Å². The molecule has 51 heavy (non-hydrogen) atoms. The highest BCUT2D eigenvalue weighted by atomic mass is 32.1. The molecule has 1 heterocycles. The van der Waals surface area contributed by atoms with Gasteiger partial charge in [0, 0.05) is 42.4 Å². The van der Waals surface area contributed by atoms with Crippen molar-refractivity contribution in [2.75, 3.05) is 4.90 Å². The first kappa shape index (κ1) is 29.9. The lowest BCUT2D eigenvalue weighted by Crippen LogP contribution is -2.16. The summed E-state index contributed by atoms with van der Waals surface area (Å²) in [6, 6.07) is 64.8. The number of anilines is 3. The summed E-state index contributed by atoms with van der Waals surface area (Å²) >= 11 is 1.88. The van der Waals surface area contributed by atoms with Crippen LogP contribution in [0.15, 0.2) is 176 Å². The van der Waals surface area contributed by atoms with Crippen LogP contribution in [-0.4, -0.2) is 0 Å². The van der Waals surface area contributed by atoms with E-state index >= 15 is 0 Å². The summed E-state index contributed by atoms with van der Waals surface area (Å²) in [6.45, 7) is 4.71. The Kier molecular flexibility index (Phi) is 6.78. The number of para-hydroxylation sites is 1. The van der Waals surface area contributed by atoms with E-state index < -0.39 is 0 Å². The summed E-state index contributed by atoms with van der Waals surface area (Å²) in [4.78, 5) is 2.48. The van der Waals surface area contributed by atoms with E-state index in [4.69, 9.17) is 0 Å². The zero-order valence-electron chi connectivity index (χ0n) is 28.6. The predicted octanol–water partition coefficient (Wildman–Crippen LogP) is 14.3. The molecule has 0 saturated heterocycles. The van der Waals surface area contributed by atoms with Crippen molar-refractivity contribution in [2.24, 2.45) is 0 Å². The van der Waals surface area contributed by atoms with Gasteiger partial charge < -0.3 is 4.90 Å². The molecule has 1 aliphatic carbocycles. The Bertz CT molecular complexity index is 2770. The first-order chi connectivity index (χ1) is 25.1. The molecule has 0 aliphatic heterocycles. The molecule has 1 aliphatic rings. The molecule has 242 valence electrons. The van der Waals surface area contributed by atoms with Gasteiger partial charge in [0.05, 0.1) is 11.4 Å². The minimum atomic E-state index is -0.0916. The fourth-order valence-electron chi connectivity index (χ4n) is 8.39. The molecule has 0 N–H and O–H groups in total. The Labute approximate surface area is 302 Å². The molecule has 1 aromatic heterocycles. The number of fused-ring (bicyclic) bond motifs is 8. The number of benzene rings is 8. The Hall–Kier alpha value is -5.96. The lowest BCUT2D eigenvalue weighted by molar-refractivity contribution is 0.660. The second kappa shape index (κ2) is 11.6. The lowest BCUT2D eigenvalue weighted by atomic mass is 9.82. The molecular formula is C49H35NS. The monoisotopic (exact) mass is 669 g/mol. The van der Waals surface area contributed by atoms with E-state index in [1.165, 1.54) is 81.1 Å². The molecule has 0 unspecified atom stereocenters. The third-order valence-corrected chi connectivity index (χ3v) is 12.0. The van der Waals surface area contributed by atoms with Gasteiger partial charge in [-0.05, 0) is 86.6 Å². The van der Waals surface area contributed by atoms with Crippen LogP contribution in [0.1, 0.15) is 25.0 Å². The van der Waals surface area contributed by atoms with Gasteiger partial charge in [-0.25, -0.2) is 0 Å². The zero-order chi connectivity index (χ0) is 34.1. The van der Waals surface area contributed by atoms with Crippen LogP contribution in [0.5, 0.6) is 0 Å². The summed E-state index contributed by atoms with van der Waals surface area (Å²) in [7, 11) is 0. The Morgan fingerprint density at radius 1 is 0.451 bits per heavy atom. The normalized spacial score (nSPS) is 13.1. The van der Waals surface area contributed by atoms with Gasteiger partial charge in [-0.1, -0.05) is 147 Å². The maximum atomic E-state index is 2.48. The average Bonchev–Trinajstić information content (AvgIpc) is 3.68. The van der Waals surface area contributed by atoms with Crippen LogP contribution < -0.4 is 4.90 Å². The second-order valence-electron chi connectivity index (χ2n) is 14.1. The van der Waals surface area contributed by atoms with Crippen LogP contribution in [0, 0.1) is 0 Å². The van der Waals surface area contributed by atoms with Crippen LogP contribution in [0.25, 0.3) is 64.3 Å². The van der Waals surface area contributed by atoms with Gasteiger partial charge >= 0.3 is 0 Å². The number of rotatable bonds is 5. The molecule has 0 amide bonds. The van der Waals surface area contributed by atoms with Crippen molar-refractivity contribution in [3.63, 3.8) is 0 Å². The second-order valence-corrected chi connectivity index (χ2v) is 15.2. The van der Waals surface area contributed by atoms with E-state index in [1.807, 2.05) is 11.3 Å². The molecule has 8 aromatic carbocycles. The molecule has 0 saturated carbocycles. The van der Waals surface area contributed by atoms with E-state index in [9.17, 15) is 0 Å². The van der Waals surface area contributed by atoms with Crippen LogP contribution in [0.4, 0.5) is 17.1 Å². The van der Waals surface area contributed by atoms with Gasteiger partial charge in [-0.15, -0.1) is 11.3 Å². The van der Waals surface area contributed by atoms with Crippen LogP contribution in [0.3, 0.4) is 0 Å². The largest absolute Gasteiger partial charge is 0.309 e. The molecule has 10 rings (SSSR count). The SMILES string of the molecule is CC1(C)c2ccccc2-c2c(N(c3ccc(-c4ccc5ccc6sc7ccccc7c6c5c4)cc3)c3ccccc3-c3ccccc3)cccc21. The molecule has 0 fully saturated rings. The molecule has 1 nitrogen and oxygen atoms in total. The molecule has 0 bridgehead atoms. The number of thiophene rings is 1. The molecule has 2 heteroatoms. The smallest absolute Gasteiger partial charge is 0.0543 e. The number of hydrogen-bond acceptors (Lipinski definition) is 2. The number of hydrogen-bond donors (Lipinski definition) is 0.